The van der Waals surface area contributed by atoms with Crippen LogP contribution in [-0.4, -0.2) is 109 Å². The Hall–Kier alpha value is -5.79. The lowest BCUT2D eigenvalue weighted by Crippen LogP contribution is -2.61. The van der Waals surface area contributed by atoms with Crippen LogP contribution in [0.25, 0.3) is 11.1 Å². The summed E-state index contributed by atoms with van der Waals surface area (Å²) in [7, 11) is 1.80. The fourth-order valence-electron chi connectivity index (χ4n) is 14.2. The summed E-state index contributed by atoms with van der Waals surface area (Å²) in [4.78, 5) is 24.4. The Morgan fingerprint density at radius 3 is 2.37 bits per heavy atom. The molecule has 2 aliphatic carbocycles. The van der Waals surface area contributed by atoms with Crippen LogP contribution >= 0.6 is 11.6 Å². The third-order valence-corrected chi connectivity index (χ3v) is 18.5. The van der Waals surface area contributed by atoms with Crippen LogP contribution in [-0.2, 0) is 31.2 Å². The molecule has 1 amide bonds. The molecule has 2 saturated carbocycles. The standard InChI is InChI=1S/C56H67ClF2N12O2/c1-36-28-55(35-70(36)43-7-6-39(29-60)48(57)26-43)19-23-66(24-20-55)51-12-13-52(63-62-51)73-44-14-17-56(18-15-44)33-68(34-56)41-8-10-42(11-9-41)71-49-16-22-67(37(2)72)32-47(49)54(64-71)69-21-4-5-38-25-45(40-30-61-65(3)31-40)46(53(58)59)27-50(38)69/h6-7,12-13,25-27,30-31,36,41-42,44,53H,4-5,8-11,14-24,28,32-35H2,1-3H3/t36-,41?,42?/m0/s1. The predicted octanol–water partition coefficient (Wildman–Crippen LogP) is 10.2. The third-order valence-electron chi connectivity index (χ3n) is 18.2. The number of alkyl halides is 2. The first kappa shape index (κ1) is 48.2. The molecule has 0 N–H and O–H groups in total. The van der Waals surface area contributed by atoms with Crippen molar-refractivity contribution < 1.29 is 18.3 Å². The molecular weight excluding hydrogens is 946 g/mol. The van der Waals surface area contributed by atoms with Crippen molar-refractivity contribution in [3.8, 4) is 23.1 Å². The minimum absolute atomic E-state index is 0.00481. The van der Waals surface area contributed by atoms with Crippen LogP contribution < -0.4 is 19.4 Å². The molecule has 73 heavy (non-hydrogen) atoms. The van der Waals surface area contributed by atoms with Crippen LogP contribution in [0.4, 0.5) is 31.8 Å². The van der Waals surface area contributed by atoms with Gasteiger partial charge < -0.3 is 24.3 Å². The van der Waals surface area contributed by atoms with Gasteiger partial charge in [-0.25, -0.2) is 8.78 Å². The van der Waals surface area contributed by atoms with Crippen molar-refractivity contribution in [3.05, 3.63) is 87.8 Å². The topological polar surface area (TPSA) is 128 Å². The van der Waals surface area contributed by atoms with Crippen molar-refractivity contribution in [2.75, 3.05) is 60.5 Å². The van der Waals surface area contributed by atoms with E-state index in [9.17, 15) is 18.8 Å². The summed E-state index contributed by atoms with van der Waals surface area (Å²) in [6.07, 6.45) is 15.5. The van der Waals surface area contributed by atoms with Gasteiger partial charge >= 0.3 is 0 Å². The fraction of sp³-hybridized carbons (Fsp3) is 0.571. The van der Waals surface area contributed by atoms with E-state index in [-0.39, 0.29) is 29.0 Å². The summed E-state index contributed by atoms with van der Waals surface area (Å²) in [6, 6.07) is 16.9. The number of aromatic nitrogens is 6. The van der Waals surface area contributed by atoms with Crippen LogP contribution in [0.3, 0.4) is 0 Å². The van der Waals surface area contributed by atoms with Gasteiger partial charge in [0, 0.05) is 124 Å². The molecule has 8 heterocycles. The van der Waals surface area contributed by atoms with Gasteiger partial charge in [0.15, 0.2) is 11.6 Å². The first-order valence-electron chi connectivity index (χ1n) is 26.9. The summed E-state index contributed by atoms with van der Waals surface area (Å²) in [5.74, 6) is 2.39. The Morgan fingerprint density at radius 1 is 0.904 bits per heavy atom. The van der Waals surface area contributed by atoms with Crippen molar-refractivity contribution in [2.24, 2.45) is 17.9 Å². The Morgan fingerprint density at radius 2 is 1.68 bits per heavy atom. The molecule has 3 saturated heterocycles. The minimum atomic E-state index is -2.64. The summed E-state index contributed by atoms with van der Waals surface area (Å²) >= 11 is 6.41. The van der Waals surface area contributed by atoms with E-state index in [0.717, 1.165) is 144 Å². The number of aryl methyl sites for hydroxylation is 2. The van der Waals surface area contributed by atoms with Crippen LogP contribution in [0.2, 0.25) is 5.02 Å². The lowest BCUT2D eigenvalue weighted by atomic mass is 9.67. The fourth-order valence-corrected chi connectivity index (χ4v) is 14.4. The highest BCUT2D eigenvalue weighted by molar-refractivity contribution is 6.32. The molecule has 5 aliphatic heterocycles. The van der Waals surface area contributed by atoms with E-state index in [1.165, 1.54) is 18.5 Å². The van der Waals surface area contributed by atoms with Gasteiger partial charge in [0.1, 0.15) is 12.2 Å². The Bertz CT molecular complexity index is 2900. The van der Waals surface area contributed by atoms with Crippen molar-refractivity contribution in [1.82, 2.24) is 39.6 Å². The molecule has 5 fully saturated rings. The number of hydrogen-bond donors (Lipinski definition) is 0. The van der Waals surface area contributed by atoms with Gasteiger partial charge in [0.2, 0.25) is 11.8 Å². The number of amides is 1. The summed E-state index contributed by atoms with van der Waals surface area (Å²) in [6.45, 7) is 10.9. The monoisotopic (exact) mass is 1010 g/mol. The number of benzene rings is 2. The first-order valence-corrected chi connectivity index (χ1v) is 27.2. The van der Waals surface area contributed by atoms with Gasteiger partial charge in [-0.05, 0) is 149 Å². The second-order valence-corrected chi connectivity index (χ2v) is 23.2. The summed E-state index contributed by atoms with van der Waals surface area (Å²) in [5.41, 5.74) is 7.55. The highest BCUT2D eigenvalue weighted by Gasteiger charge is 2.49. The second kappa shape index (κ2) is 19.2. The van der Waals surface area contributed by atoms with E-state index in [1.54, 1.807) is 37.1 Å². The number of halogens is 3. The number of fused-ring (bicyclic) bond motifs is 2. The van der Waals surface area contributed by atoms with Gasteiger partial charge in [-0.3, -0.25) is 19.1 Å². The number of ether oxygens (including phenoxy) is 1. The third kappa shape index (κ3) is 9.10. The van der Waals surface area contributed by atoms with E-state index >= 15 is 0 Å². The number of anilines is 4. The van der Waals surface area contributed by atoms with Gasteiger partial charge in [-0.2, -0.15) is 15.5 Å². The lowest BCUT2D eigenvalue weighted by Gasteiger charge is -2.57. The van der Waals surface area contributed by atoms with Crippen molar-refractivity contribution in [1.29, 1.82) is 5.26 Å². The lowest BCUT2D eigenvalue weighted by molar-refractivity contribution is -0.129. The Balaban J connectivity index is 0.635. The van der Waals surface area contributed by atoms with E-state index in [0.29, 0.717) is 64.7 Å². The molecule has 14 nitrogen and oxygen atoms in total. The van der Waals surface area contributed by atoms with Crippen molar-refractivity contribution in [3.63, 3.8) is 0 Å². The molecule has 384 valence electrons. The predicted molar refractivity (Wildman–Crippen MR) is 278 cm³/mol. The Labute approximate surface area is 432 Å². The maximum atomic E-state index is 14.8. The highest BCUT2D eigenvalue weighted by atomic mass is 35.5. The molecule has 17 heteroatoms. The number of nitrogens with zero attached hydrogens (tertiary/aromatic N) is 12. The number of rotatable bonds is 9. The number of likely N-dealkylation sites (tertiary alicyclic amines) is 1. The van der Waals surface area contributed by atoms with Gasteiger partial charge in [0.05, 0.1) is 29.4 Å². The van der Waals surface area contributed by atoms with Crippen molar-refractivity contribution in [2.45, 2.75) is 141 Å². The van der Waals surface area contributed by atoms with E-state index in [2.05, 4.69) is 58.6 Å². The van der Waals surface area contributed by atoms with E-state index in [1.807, 2.05) is 35.2 Å². The average Bonchev–Trinajstić information content (AvgIpc) is 4.10. The molecule has 1 atom stereocenters. The van der Waals surface area contributed by atoms with E-state index in [4.69, 9.17) is 21.4 Å². The maximum absolute atomic E-state index is 14.8. The minimum Gasteiger partial charge on any atom is -0.473 e. The number of carbonyl (C=O) groups excluding carboxylic acids is 1. The molecule has 0 radical (unpaired) electrons. The molecule has 7 aliphatic rings. The number of piperidine rings is 1. The summed E-state index contributed by atoms with van der Waals surface area (Å²) < 4.78 is 40.0. The first-order chi connectivity index (χ1) is 35.3. The maximum Gasteiger partial charge on any atom is 0.264 e. The molecule has 5 aromatic rings. The molecule has 3 aromatic heterocycles. The zero-order valence-corrected chi connectivity index (χ0v) is 43.2. The zero-order chi connectivity index (χ0) is 50.2. The quantitative estimate of drug-likeness (QED) is 0.140. The highest BCUT2D eigenvalue weighted by Crippen LogP contribution is 2.50. The van der Waals surface area contributed by atoms with Crippen LogP contribution in [0.15, 0.2) is 54.9 Å². The molecule has 2 spiro atoms. The normalized spacial score (nSPS) is 23.9. The SMILES string of the molecule is CC(=O)N1CCc2c(c(N3CCCc4cc(-c5cnn(C)c5)c(C(F)F)cc43)nn2C2CCC(N3CC4(CCC(Oc5ccc(N6CCC7(CC6)C[C@H](C)N(c6ccc(C#N)c(Cl)c6)C7)nn5)CC4)C3)CC2)C1. The van der Waals surface area contributed by atoms with Crippen molar-refractivity contribution >= 4 is 40.5 Å². The van der Waals surface area contributed by atoms with Crippen LogP contribution in [0.5, 0.6) is 5.88 Å². The molecule has 0 bridgehead atoms. The number of hydrogen-bond acceptors (Lipinski definition) is 11. The summed E-state index contributed by atoms with van der Waals surface area (Å²) in [5, 5.41) is 28.8. The average molecular weight is 1010 g/mol. The molecule has 12 rings (SSSR count). The molecule has 0 unspecified atom stereocenters. The van der Waals surface area contributed by atoms with Crippen LogP contribution in [0, 0.1) is 22.2 Å². The van der Waals surface area contributed by atoms with Gasteiger partial charge in [-0.15, -0.1) is 10.2 Å². The largest absolute Gasteiger partial charge is 0.473 e. The zero-order valence-electron chi connectivity index (χ0n) is 42.5. The van der Waals surface area contributed by atoms with Gasteiger partial charge in [-0.1, -0.05) is 11.6 Å². The molecule has 2 aromatic carbocycles. The second-order valence-electron chi connectivity index (χ2n) is 22.8. The van der Waals surface area contributed by atoms with E-state index < -0.39 is 6.43 Å². The number of carbonyl (C=O) groups is 1. The smallest absolute Gasteiger partial charge is 0.264 e. The van der Waals surface area contributed by atoms with Gasteiger partial charge in [0.25, 0.3) is 6.43 Å². The van der Waals surface area contributed by atoms with Crippen LogP contribution in [0.1, 0.15) is 131 Å². The molecular formula is C56H67ClF2N12O2. The Kier molecular flexibility index (Phi) is 12.6. The number of nitriles is 1.